The molecule has 1 aliphatic rings. The summed E-state index contributed by atoms with van der Waals surface area (Å²) < 4.78 is 5.13. The fourth-order valence-corrected chi connectivity index (χ4v) is 2.80. The first-order valence-corrected chi connectivity index (χ1v) is 7.21. The van der Waals surface area contributed by atoms with Crippen LogP contribution in [0.3, 0.4) is 0 Å². The number of nitrogens with zero attached hydrogens (tertiary/aromatic N) is 1. The van der Waals surface area contributed by atoms with Crippen molar-refractivity contribution in [2.75, 3.05) is 7.11 Å². The lowest BCUT2D eigenvalue weighted by Crippen LogP contribution is -2.39. The number of amides is 2. The Morgan fingerprint density at radius 2 is 1.50 bits per heavy atom. The third-order valence-corrected chi connectivity index (χ3v) is 3.96. The largest absolute Gasteiger partial charge is 0.497 e. The van der Waals surface area contributed by atoms with Gasteiger partial charge in [0, 0.05) is 6.04 Å². The minimum atomic E-state index is -0.207. The van der Waals surface area contributed by atoms with Gasteiger partial charge in [0.25, 0.3) is 11.8 Å². The molecule has 2 aromatic rings. The quantitative estimate of drug-likeness (QED) is 0.815. The molecule has 0 N–H and O–H groups in total. The smallest absolute Gasteiger partial charge is 0.261 e. The molecule has 112 valence electrons. The maximum atomic E-state index is 12.4. The zero-order valence-corrected chi connectivity index (χ0v) is 12.6. The molecular weight excluding hydrogens is 278 g/mol. The Bertz CT molecular complexity index is 686. The van der Waals surface area contributed by atoms with Crippen LogP contribution in [0.2, 0.25) is 0 Å². The van der Waals surface area contributed by atoms with E-state index in [2.05, 4.69) is 0 Å². The number of hydrogen-bond donors (Lipinski definition) is 0. The average molecular weight is 295 g/mol. The van der Waals surface area contributed by atoms with Crippen molar-refractivity contribution in [1.29, 1.82) is 0 Å². The van der Waals surface area contributed by atoms with Crippen molar-refractivity contribution in [3.63, 3.8) is 0 Å². The standard InChI is InChI=1S/C18H17NO3/c1-12(11-13-7-9-14(22-2)10-8-13)19-17(20)15-5-3-4-6-16(15)18(19)21/h3-10,12H,11H2,1-2H3. The van der Waals surface area contributed by atoms with Crippen molar-refractivity contribution in [2.24, 2.45) is 0 Å². The van der Waals surface area contributed by atoms with Crippen molar-refractivity contribution in [3.05, 3.63) is 65.2 Å². The Balaban J connectivity index is 1.79. The summed E-state index contributed by atoms with van der Waals surface area (Å²) in [5.74, 6) is 0.375. The molecule has 1 unspecified atom stereocenters. The second kappa shape index (κ2) is 5.64. The number of hydrogen-bond acceptors (Lipinski definition) is 3. The minimum Gasteiger partial charge on any atom is -0.497 e. The van der Waals surface area contributed by atoms with Crippen LogP contribution in [0, 0.1) is 0 Å². The van der Waals surface area contributed by atoms with E-state index in [9.17, 15) is 9.59 Å². The highest BCUT2D eigenvalue weighted by molar-refractivity contribution is 6.21. The van der Waals surface area contributed by atoms with Crippen molar-refractivity contribution >= 4 is 11.8 Å². The number of carbonyl (C=O) groups is 2. The van der Waals surface area contributed by atoms with Crippen LogP contribution in [0.4, 0.5) is 0 Å². The van der Waals surface area contributed by atoms with Crippen LogP contribution in [-0.4, -0.2) is 29.9 Å². The van der Waals surface area contributed by atoms with Crippen molar-refractivity contribution in [2.45, 2.75) is 19.4 Å². The molecule has 4 nitrogen and oxygen atoms in total. The molecule has 0 radical (unpaired) electrons. The van der Waals surface area contributed by atoms with Gasteiger partial charge >= 0.3 is 0 Å². The average Bonchev–Trinajstić information content (AvgIpc) is 2.80. The van der Waals surface area contributed by atoms with Crippen molar-refractivity contribution < 1.29 is 14.3 Å². The van der Waals surface area contributed by atoms with Crippen molar-refractivity contribution in [1.82, 2.24) is 4.90 Å². The molecule has 1 atom stereocenters. The van der Waals surface area contributed by atoms with Gasteiger partial charge in [0.2, 0.25) is 0 Å². The topological polar surface area (TPSA) is 46.6 Å². The predicted octanol–water partition coefficient (Wildman–Crippen LogP) is 2.92. The Kier molecular flexibility index (Phi) is 3.67. The number of carbonyl (C=O) groups excluding carboxylic acids is 2. The van der Waals surface area contributed by atoms with Gasteiger partial charge in [-0.15, -0.1) is 0 Å². The SMILES string of the molecule is COc1ccc(CC(C)N2C(=O)c3ccccc3C2=O)cc1. The Labute approximate surface area is 129 Å². The summed E-state index contributed by atoms with van der Waals surface area (Å²) >= 11 is 0. The lowest BCUT2D eigenvalue weighted by Gasteiger charge is -2.22. The number of fused-ring (bicyclic) bond motifs is 1. The maximum Gasteiger partial charge on any atom is 0.261 e. The molecule has 0 spiro atoms. The highest BCUT2D eigenvalue weighted by atomic mass is 16.5. The molecule has 0 fully saturated rings. The van der Waals surface area contributed by atoms with Crippen LogP contribution in [0.25, 0.3) is 0 Å². The molecule has 3 rings (SSSR count). The van der Waals surface area contributed by atoms with Gasteiger partial charge in [-0.05, 0) is 43.2 Å². The second-order valence-corrected chi connectivity index (χ2v) is 5.43. The molecule has 0 bridgehead atoms. The second-order valence-electron chi connectivity index (χ2n) is 5.43. The van der Waals surface area contributed by atoms with Crippen LogP contribution >= 0.6 is 0 Å². The third-order valence-electron chi connectivity index (χ3n) is 3.96. The first-order chi connectivity index (χ1) is 10.6. The molecule has 1 heterocycles. The van der Waals surface area contributed by atoms with E-state index in [-0.39, 0.29) is 17.9 Å². The van der Waals surface area contributed by atoms with E-state index in [4.69, 9.17) is 4.74 Å². The summed E-state index contributed by atoms with van der Waals surface area (Å²) in [4.78, 5) is 26.2. The normalized spacial score (nSPS) is 14.9. The summed E-state index contributed by atoms with van der Waals surface area (Å²) in [6.07, 6.45) is 0.620. The van der Waals surface area contributed by atoms with Gasteiger partial charge in [-0.1, -0.05) is 24.3 Å². The summed E-state index contributed by atoms with van der Waals surface area (Å²) in [5.41, 5.74) is 2.05. The fourth-order valence-electron chi connectivity index (χ4n) is 2.80. The van der Waals surface area contributed by atoms with Gasteiger partial charge in [0.1, 0.15) is 5.75 Å². The predicted molar refractivity (Wildman–Crippen MR) is 83.1 cm³/mol. The molecule has 0 saturated heterocycles. The highest BCUT2D eigenvalue weighted by Gasteiger charge is 2.37. The van der Waals surface area contributed by atoms with E-state index in [0.717, 1.165) is 11.3 Å². The van der Waals surface area contributed by atoms with Gasteiger partial charge in [-0.3, -0.25) is 14.5 Å². The molecule has 0 aromatic heterocycles. The number of rotatable bonds is 4. The fraction of sp³-hybridized carbons (Fsp3) is 0.222. The Morgan fingerprint density at radius 1 is 0.955 bits per heavy atom. The maximum absolute atomic E-state index is 12.4. The first-order valence-electron chi connectivity index (χ1n) is 7.21. The van der Waals surface area contributed by atoms with Gasteiger partial charge in [0.05, 0.1) is 18.2 Å². The summed E-state index contributed by atoms with van der Waals surface area (Å²) in [5, 5.41) is 0. The van der Waals surface area contributed by atoms with Gasteiger partial charge < -0.3 is 4.74 Å². The van der Waals surface area contributed by atoms with Gasteiger partial charge in [-0.2, -0.15) is 0 Å². The molecule has 2 amide bonds. The summed E-state index contributed by atoms with van der Waals surface area (Å²) in [6, 6.07) is 14.4. The van der Waals surface area contributed by atoms with Crippen LogP contribution in [0.1, 0.15) is 33.2 Å². The first kappa shape index (κ1) is 14.3. The van der Waals surface area contributed by atoms with Crippen LogP contribution < -0.4 is 4.74 Å². The third kappa shape index (κ3) is 2.37. The van der Waals surface area contributed by atoms with Crippen LogP contribution in [0.5, 0.6) is 5.75 Å². The lowest BCUT2D eigenvalue weighted by molar-refractivity contribution is 0.0596. The van der Waals surface area contributed by atoms with E-state index in [0.29, 0.717) is 17.5 Å². The summed E-state index contributed by atoms with van der Waals surface area (Å²) in [7, 11) is 1.62. The van der Waals surface area contributed by atoms with Gasteiger partial charge in [0.15, 0.2) is 0 Å². The van der Waals surface area contributed by atoms with E-state index < -0.39 is 0 Å². The van der Waals surface area contributed by atoms with Gasteiger partial charge in [-0.25, -0.2) is 0 Å². The van der Waals surface area contributed by atoms with Crippen LogP contribution in [0.15, 0.2) is 48.5 Å². The molecule has 0 aliphatic carbocycles. The zero-order chi connectivity index (χ0) is 15.7. The van der Waals surface area contributed by atoms with Crippen LogP contribution in [-0.2, 0) is 6.42 Å². The van der Waals surface area contributed by atoms with E-state index in [1.807, 2.05) is 31.2 Å². The highest BCUT2D eigenvalue weighted by Crippen LogP contribution is 2.25. The van der Waals surface area contributed by atoms with E-state index in [1.54, 1.807) is 31.4 Å². The lowest BCUT2D eigenvalue weighted by atomic mass is 10.1. The van der Waals surface area contributed by atoms with Crippen molar-refractivity contribution in [3.8, 4) is 5.75 Å². The molecule has 0 saturated carbocycles. The molecule has 22 heavy (non-hydrogen) atoms. The minimum absolute atomic E-state index is 0.194. The summed E-state index contributed by atoms with van der Waals surface area (Å²) in [6.45, 7) is 1.89. The number of imide groups is 1. The number of benzene rings is 2. The van der Waals surface area contributed by atoms with E-state index >= 15 is 0 Å². The zero-order valence-electron chi connectivity index (χ0n) is 12.6. The Hall–Kier alpha value is -2.62. The number of ether oxygens (including phenoxy) is 1. The van der Waals surface area contributed by atoms with E-state index in [1.165, 1.54) is 4.90 Å². The Morgan fingerprint density at radius 3 is 2.00 bits per heavy atom. The number of methoxy groups -OCH3 is 1. The molecule has 2 aromatic carbocycles. The molecular formula is C18H17NO3. The monoisotopic (exact) mass is 295 g/mol. The molecule has 4 heteroatoms. The molecule has 1 aliphatic heterocycles.